The quantitative estimate of drug-likeness (QED) is 0.511. The Labute approximate surface area is 65.3 Å². The molecule has 0 saturated heterocycles. The summed E-state index contributed by atoms with van der Waals surface area (Å²) >= 11 is 0. The van der Waals surface area contributed by atoms with Gasteiger partial charge >= 0.3 is 0 Å². The predicted octanol–water partition coefficient (Wildman–Crippen LogP) is 3.63. The Bertz CT molecular complexity index is 82.0. The van der Waals surface area contributed by atoms with Crippen LogP contribution in [0.15, 0.2) is 12.7 Å². The largest absolute Gasteiger partial charge is 0.103 e. The minimum absolute atomic E-state index is 0.838. The molecule has 0 heterocycles. The molecule has 0 aromatic heterocycles. The second-order valence-electron chi connectivity index (χ2n) is 3.43. The number of rotatable bonds is 5. The molecular formula is C10H20. The molecule has 0 nitrogen and oxygen atoms in total. The van der Waals surface area contributed by atoms with Crippen LogP contribution in [0.2, 0.25) is 0 Å². The fourth-order valence-electron chi connectivity index (χ4n) is 1.33. The van der Waals surface area contributed by atoms with Gasteiger partial charge in [0.2, 0.25) is 0 Å². The first-order valence-electron chi connectivity index (χ1n) is 4.31. The van der Waals surface area contributed by atoms with Gasteiger partial charge in [0.1, 0.15) is 0 Å². The fraction of sp³-hybridized carbons (Fsp3) is 0.800. The molecule has 0 rings (SSSR count). The van der Waals surface area contributed by atoms with Crippen molar-refractivity contribution in [3.8, 4) is 0 Å². The van der Waals surface area contributed by atoms with Crippen molar-refractivity contribution < 1.29 is 0 Å². The van der Waals surface area contributed by atoms with Gasteiger partial charge in [-0.05, 0) is 24.7 Å². The number of hydrogen-bond donors (Lipinski definition) is 0. The average molecular weight is 140 g/mol. The van der Waals surface area contributed by atoms with E-state index in [0.717, 1.165) is 11.8 Å². The third-order valence-corrected chi connectivity index (χ3v) is 1.88. The second kappa shape index (κ2) is 5.52. The number of hydrogen-bond acceptors (Lipinski definition) is 0. The van der Waals surface area contributed by atoms with E-state index in [9.17, 15) is 0 Å². The van der Waals surface area contributed by atoms with E-state index in [1.807, 2.05) is 6.08 Å². The Morgan fingerprint density at radius 2 is 2.00 bits per heavy atom. The number of allylic oxidation sites excluding steroid dienone is 1. The van der Waals surface area contributed by atoms with Gasteiger partial charge in [-0.25, -0.2) is 0 Å². The van der Waals surface area contributed by atoms with Crippen molar-refractivity contribution in [1.82, 2.24) is 0 Å². The molecule has 0 amide bonds. The van der Waals surface area contributed by atoms with Crippen molar-refractivity contribution in [1.29, 1.82) is 0 Å². The third kappa shape index (κ3) is 4.60. The molecular weight excluding hydrogens is 120 g/mol. The van der Waals surface area contributed by atoms with Gasteiger partial charge in [0.15, 0.2) is 0 Å². The van der Waals surface area contributed by atoms with Crippen molar-refractivity contribution in [3.05, 3.63) is 12.7 Å². The molecule has 0 N–H and O–H groups in total. The highest BCUT2D eigenvalue weighted by atomic mass is 14.1. The lowest BCUT2D eigenvalue weighted by Crippen LogP contribution is -2.01. The molecule has 0 fully saturated rings. The van der Waals surface area contributed by atoms with Crippen LogP contribution in [0.1, 0.15) is 40.0 Å². The summed E-state index contributed by atoms with van der Waals surface area (Å²) in [5, 5.41) is 0. The zero-order valence-electron chi connectivity index (χ0n) is 7.56. The van der Waals surface area contributed by atoms with Crippen LogP contribution in [0.25, 0.3) is 0 Å². The molecule has 10 heavy (non-hydrogen) atoms. The Balaban J connectivity index is 3.48. The molecule has 0 bridgehead atoms. The van der Waals surface area contributed by atoms with Gasteiger partial charge in [-0.3, -0.25) is 0 Å². The highest BCUT2D eigenvalue weighted by molar-refractivity contribution is 4.72. The summed E-state index contributed by atoms with van der Waals surface area (Å²) in [6.07, 6.45) is 5.87. The van der Waals surface area contributed by atoms with Crippen molar-refractivity contribution >= 4 is 0 Å². The van der Waals surface area contributed by atoms with Crippen molar-refractivity contribution in [2.75, 3.05) is 0 Å². The molecule has 0 aliphatic rings. The average Bonchev–Trinajstić information content (AvgIpc) is 1.86. The molecule has 1 atom stereocenters. The maximum absolute atomic E-state index is 3.76. The van der Waals surface area contributed by atoms with Crippen LogP contribution >= 0.6 is 0 Å². The van der Waals surface area contributed by atoms with Gasteiger partial charge in [0, 0.05) is 0 Å². The molecule has 0 aliphatic heterocycles. The summed E-state index contributed by atoms with van der Waals surface area (Å²) in [5.74, 6) is 1.71. The van der Waals surface area contributed by atoms with Gasteiger partial charge in [-0.15, -0.1) is 6.58 Å². The first-order chi connectivity index (χ1) is 4.70. The summed E-state index contributed by atoms with van der Waals surface area (Å²) in [6, 6.07) is 0. The SMILES string of the molecule is C=CCC(CC)CC(C)C. The molecule has 1 unspecified atom stereocenters. The summed E-state index contributed by atoms with van der Waals surface area (Å²) < 4.78 is 0. The monoisotopic (exact) mass is 140 g/mol. The van der Waals surface area contributed by atoms with Crippen LogP contribution in [0.4, 0.5) is 0 Å². The first-order valence-corrected chi connectivity index (χ1v) is 4.31. The van der Waals surface area contributed by atoms with Crippen molar-refractivity contribution in [2.45, 2.75) is 40.0 Å². The topological polar surface area (TPSA) is 0 Å². The van der Waals surface area contributed by atoms with E-state index in [0.29, 0.717) is 0 Å². The Morgan fingerprint density at radius 3 is 2.30 bits per heavy atom. The highest BCUT2D eigenvalue weighted by Crippen LogP contribution is 2.18. The molecule has 0 radical (unpaired) electrons. The Kier molecular flexibility index (Phi) is 5.38. The lowest BCUT2D eigenvalue weighted by Gasteiger charge is -2.14. The van der Waals surface area contributed by atoms with E-state index in [4.69, 9.17) is 0 Å². The van der Waals surface area contributed by atoms with Crippen molar-refractivity contribution in [2.24, 2.45) is 11.8 Å². The molecule has 0 spiro atoms. The zero-order chi connectivity index (χ0) is 7.98. The highest BCUT2D eigenvalue weighted by Gasteiger charge is 2.05. The van der Waals surface area contributed by atoms with Crippen LogP contribution in [-0.4, -0.2) is 0 Å². The van der Waals surface area contributed by atoms with E-state index < -0.39 is 0 Å². The summed E-state index contributed by atoms with van der Waals surface area (Å²) in [6.45, 7) is 10.6. The molecule has 0 aromatic carbocycles. The van der Waals surface area contributed by atoms with Gasteiger partial charge in [0.25, 0.3) is 0 Å². The molecule has 0 heteroatoms. The van der Waals surface area contributed by atoms with E-state index in [1.54, 1.807) is 0 Å². The fourth-order valence-corrected chi connectivity index (χ4v) is 1.33. The van der Waals surface area contributed by atoms with E-state index >= 15 is 0 Å². The summed E-state index contributed by atoms with van der Waals surface area (Å²) in [5.41, 5.74) is 0. The minimum Gasteiger partial charge on any atom is -0.103 e. The van der Waals surface area contributed by atoms with Crippen LogP contribution in [0.5, 0.6) is 0 Å². The molecule has 0 saturated carbocycles. The lowest BCUT2D eigenvalue weighted by molar-refractivity contribution is 0.402. The van der Waals surface area contributed by atoms with Crippen LogP contribution < -0.4 is 0 Å². The van der Waals surface area contributed by atoms with Gasteiger partial charge < -0.3 is 0 Å². The van der Waals surface area contributed by atoms with Crippen LogP contribution in [0, 0.1) is 11.8 Å². The van der Waals surface area contributed by atoms with E-state index in [-0.39, 0.29) is 0 Å². The van der Waals surface area contributed by atoms with Gasteiger partial charge in [0.05, 0.1) is 0 Å². The standard InChI is InChI=1S/C10H20/c1-5-7-10(6-2)8-9(3)4/h5,9-10H,1,6-8H2,2-4H3. The van der Waals surface area contributed by atoms with E-state index in [1.165, 1.54) is 19.3 Å². The van der Waals surface area contributed by atoms with Gasteiger partial charge in [-0.2, -0.15) is 0 Å². The maximum atomic E-state index is 3.76. The normalized spacial score (nSPS) is 13.6. The lowest BCUT2D eigenvalue weighted by atomic mass is 9.92. The Morgan fingerprint density at radius 1 is 1.40 bits per heavy atom. The Hall–Kier alpha value is -0.260. The maximum Gasteiger partial charge on any atom is -0.0325 e. The molecule has 60 valence electrons. The van der Waals surface area contributed by atoms with Crippen LogP contribution in [0.3, 0.4) is 0 Å². The minimum atomic E-state index is 0.838. The van der Waals surface area contributed by atoms with Crippen LogP contribution in [-0.2, 0) is 0 Å². The van der Waals surface area contributed by atoms with Gasteiger partial charge in [-0.1, -0.05) is 33.3 Å². The second-order valence-corrected chi connectivity index (χ2v) is 3.43. The smallest absolute Gasteiger partial charge is 0.0325 e. The third-order valence-electron chi connectivity index (χ3n) is 1.88. The molecule has 0 aromatic rings. The first kappa shape index (κ1) is 9.74. The summed E-state index contributed by atoms with van der Waals surface area (Å²) in [7, 11) is 0. The van der Waals surface area contributed by atoms with E-state index in [2.05, 4.69) is 27.4 Å². The zero-order valence-corrected chi connectivity index (χ0v) is 7.56. The summed E-state index contributed by atoms with van der Waals surface area (Å²) in [4.78, 5) is 0. The van der Waals surface area contributed by atoms with Crippen molar-refractivity contribution in [3.63, 3.8) is 0 Å². The predicted molar refractivity (Wildman–Crippen MR) is 48.1 cm³/mol. The molecule has 0 aliphatic carbocycles.